The minimum Gasteiger partial charge on any atom is -0.466 e. The first-order chi connectivity index (χ1) is 11.7. The predicted octanol–water partition coefficient (Wildman–Crippen LogP) is 5.95. The first-order valence-corrected chi connectivity index (χ1v) is 10.2. The third-order valence-corrected chi connectivity index (χ3v) is 4.27. The zero-order valence-electron chi connectivity index (χ0n) is 16.1. The molecule has 0 aromatic rings. The number of carbonyl (C=O) groups is 1. The first-order valence-electron chi connectivity index (χ1n) is 10.2. The highest BCUT2D eigenvalue weighted by molar-refractivity contribution is 5.69. The van der Waals surface area contributed by atoms with E-state index in [1.54, 1.807) is 0 Å². The van der Waals surface area contributed by atoms with Gasteiger partial charge in [-0.25, -0.2) is 0 Å². The number of aliphatic hydroxyl groups is 1. The summed E-state index contributed by atoms with van der Waals surface area (Å²) < 4.78 is 4.91. The highest BCUT2D eigenvalue weighted by atomic mass is 16.5. The summed E-state index contributed by atoms with van der Waals surface area (Å²) in [6.07, 6.45) is 19.5. The number of rotatable bonds is 17. The summed E-state index contributed by atoms with van der Waals surface area (Å²) in [6, 6.07) is 0. The molecule has 24 heavy (non-hydrogen) atoms. The molecule has 3 nitrogen and oxygen atoms in total. The van der Waals surface area contributed by atoms with Crippen LogP contribution in [-0.2, 0) is 9.53 Å². The second-order valence-corrected chi connectivity index (χ2v) is 6.68. The van der Waals surface area contributed by atoms with Gasteiger partial charge in [-0.05, 0) is 39.0 Å². The molecule has 0 aliphatic carbocycles. The van der Waals surface area contributed by atoms with E-state index in [0.717, 1.165) is 38.5 Å². The fourth-order valence-corrected chi connectivity index (χ4v) is 2.77. The summed E-state index contributed by atoms with van der Waals surface area (Å²) in [5, 5.41) is 9.90. The van der Waals surface area contributed by atoms with Crippen LogP contribution in [0.15, 0.2) is 12.2 Å². The number of aliphatic hydroxyl groups excluding tert-OH is 1. The van der Waals surface area contributed by atoms with Crippen LogP contribution in [0.3, 0.4) is 0 Å². The third kappa shape index (κ3) is 17.5. The quantitative estimate of drug-likeness (QED) is 0.202. The van der Waals surface area contributed by atoms with Crippen molar-refractivity contribution >= 4 is 5.97 Å². The average Bonchev–Trinajstić information content (AvgIpc) is 2.56. The van der Waals surface area contributed by atoms with E-state index < -0.39 is 0 Å². The molecular formula is C21H40O3. The molecule has 0 aliphatic rings. The molecule has 0 saturated heterocycles. The molecule has 0 spiro atoms. The van der Waals surface area contributed by atoms with Crippen LogP contribution in [0.25, 0.3) is 0 Å². The highest BCUT2D eigenvalue weighted by Gasteiger charge is 2.01. The number of carbonyl (C=O) groups excluding carboxylic acids is 1. The molecule has 3 heteroatoms. The van der Waals surface area contributed by atoms with Crippen LogP contribution < -0.4 is 0 Å². The SMILES string of the molecule is CCCCCCCC(O)CC=CCCCCCCCC(=O)OCC. The monoisotopic (exact) mass is 340 g/mol. The fourth-order valence-electron chi connectivity index (χ4n) is 2.77. The molecule has 142 valence electrons. The lowest BCUT2D eigenvalue weighted by Gasteiger charge is -2.07. The van der Waals surface area contributed by atoms with Crippen LogP contribution >= 0.6 is 0 Å². The number of hydrogen-bond donors (Lipinski definition) is 1. The van der Waals surface area contributed by atoms with E-state index in [-0.39, 0.29) is 12.1 Å². The van der Waals surface area contributed by atoms with Gasteiger partial charge in [-0.1, -0.05) is 70.4 Å². The first kappa shape index (κ1) is 23.2. The third-order valence-electron chi connectivity index (χ3n) is 4.27. The molecule has 0 radical (unpaired) electrons. The lowest BCUT2D eigenvalue weighted by molar-refractivity contribution is -0.143. The molecule has 0 amide bonds. The smallest absolute Gasteiger partial charge is 0.305 e. The van der Waals surface area contributed by atoms with Crippen molar-refractivity contribution in [1.82, 2.24) is 0 Å². The van der Waals surface area contributed by atoms with Crippen molar-refractivity contribution in [3.63, 3.8) is 0 Å². The standard InChI is InChI=1S/C21H40O3/c1-3-5-6-11-14-17-20(22)18-15-12-9-7-8-10-13-16-19-21(23)24-4-2/h12,15,20,22H,3-11,13-14,16-19H2,1-2H3. The van der Waals surface area contributed by atoms with Crippen LogP contribution in [-0.4, -0.2) is 23.8 Å². The Morgan fingerprint density at radius 1 is 0.917 bits per heavy atom. The molecule has 0 bridgehead atoms. The zero-order valence-corrected chi connectivity index (χ0v) is 16.1. The minimum absolute atomic E-state index is 0.0654. The summed E-state index contributed by atoms with van der Waals surface area (Å²) in [5.41, 5.74) is 0. The predicted molar refractivity (Wildman–Crippen MR) is 102 cm³/mol. The molecular weight excluding hydrogens is 300 g/mol. The van der Waals surface area contributed by atoms with Gasteiger partial charge in [0.15, 0.2) is 0 Å². The Morgan fingerprint density at radius 3 is 2.33 bits per heavy atom. The van der Waals surface area contributed by atoms with Crippen LogP contribution in [0, 0.1) is 0 Å². The van der Waals surface area contributed by atoms with E-state index in [4.69, 9.17) is 4.74 Å². The lowest BCUT2D eigenvalue weighted by Crippen LogP contribution is -2.04. The Labute approximate surface area is 149 Å². The van der Waals surface area contributed by atoms with E-state index in [0.29, 0.717) is 13.0 Å². The number of unbranched alkanes of at least 4 members (excludes halogenated alkanes) is 9. The van der Waals surface area contributed by atoms with Gasteiger partial charge < -0.3 is 9.84 Å². The second kappa shape index (κ2) is 18.5. The van der Waals surface area contributed by atoms with Crippen molar-refractivity contribution in [2.45, 2.75) is 110 Å². The van der Waals surface area contributed by atoms with Gasteiger partial charge >= 0.3 is 5.97 Å². The van der Waals surface area contributed by atoms with Gasteiger partial charge in [0.2, 0.25) is 0 Å². The van der Waals surface area contributed by atoms with Gasteiger partial charge in [0.05, 0.1) is 12.7 Å². The van der Waals surface area contributed by atoms with Crippen molar-refractivity contribution in [3.05, 3.63) is 12.2 Å². The largest absolute Gasteiger partial charge is 0.466 e. The van der Waals surface area contributed by atoms with E-state index in [1.165, 1.54) is 44.9 Å². The summed E-state index contributed by atoms with van der Waals surface area (Å²) >= 11 is 0. The number of hydrogen-bond acceptors (Lipinski definition) is 3. The molecule has 1 unspecified atom stereocenters. The maximum Gasteiger partial charge on any atom is 0.305 e. The molecule has 0 heterocycles. The van der Waals surface area contributed by atoms with E-state index in [9.17, 15) is 9.90 Å². The van der Waals surface area contributed by atoms with Gasteiger partial charge in [0.25, 0.3) is 0 Å². The van der Waals surface area contributed by atoms with Crippen LogP contribution in [0.2, 0.25) is 0 Å². The van der Waals surface area contributed by atoms with Crippen molar-refractivity contribution in [1.29, 1.82) is 0 Å². The van der Waals surface area contributed by atoms with Gasteiger partial charge in [-0.3, -0.25) is 4.79 Å². The normalized spacial score (nSPS) is 12.6. The molecule has 1 N–H and O–H groups in total. The molecule has 0 saturated carbocycles. The summed E-state index contributed by atoms with van der Waals surface area (Å²) in [5.74, 6) is -0.0654. The molecule has 0 fully saturated rings. The van der Waals surface area contributed by atoms with E-state index in [2.05, 4.69) is 19.1 Å². The average molecular weight is 341 g/mol. The van der Waals surface area contributed by atoms with Crippen LogP contribution in [0.4, 0.5) is 0 Å². The Bertz CT molecular complexity index is 299. The number of esters is 1. The molecule has 0 rings (SSSR count). The molecule has 1 atom stereocenters. The van der Waals surface area contributed by atoms with Gasteiger partial charge in [-0.15, -0.1) is 0 Å². The zero-order chi connectivity index (χ0) is 17.9. The topological polar surface area (TPSA) is 46.5 Å². The Balaban J connectivity index is 3.29. The Kier molecular flexibility index (Phi) is 17.9. The Morgan fingerprint density at radius 2 is 1.58 bits per heavy atom. The van der Waals surface area contributed by atoms with Crippen molar-refractivity contribution < 1.29 is 14.6 Å². The van der Waals surface area contributed by atoms with Crippen molar-refractivity contribution in [2.24, 2.45) is 0 Å². The minimum atomic E-state index is -0.161. The lowest BCUT2D eigenvalue weighted by atomic mass is 10.1. The van der Waals surface area contributed by atoms with Crippen molar-refractivity contribution in [3.8, 4) is 0 Å². The van der Waals surface area contributed by atoms with Crippen LogP contribution in [0.1, 0.15) is 104 Å². The second-order valence-electron chi connectivity index (χ2n) is 6.68. The molecule has 0 aliphatic heterocycles. The number of ether oxygens (including phenoxy) is 1. The fraction of sp³-hybridized carbons (Fsp3) is 0.857. The van der Waals surface area contributed by atoms with Crippen molar-refractivity contribution in [2.75, 3.05) is 6.61 Å². The van der Waals surface area contributed by atoms with E-state index >= 15 is 0 Å². The van der Waals surface area contributed by atoms with E-state index in [1.807, 2.05) is 6.92 Å². The molecule has 0 aromatic carbocycles. The summed E-state index contributed by atoms with van der Waals surface area (Å²) in [6.45, 7) is 4.56. The van der Waals surface area contributed by atoms with Gasteiger partial charge in [0.1, 0.15) is 0 Å². The summed E-state index contributed by atoms with van der Waals surface area (Å²) in [7, 11) is 0. The molecule has 0 aromatic heterocycles. The Hall–Kier alpha value is -0.830. The maximum atomic E-state index is 11.2. The van der Waals surface area contributed by atoms with Gasteiger partial charge in [0, 0.05) is 6.42 Å². The number of allylic oxidation sites excluding steroid dienone is 1. The van der Waals surface area contributed by atoms with Gasteiger partial charge in [-0.2, -0.15) is 0 Å². The van der Waals surface area contributed by atoms with Crippen LogP contribution in [0.5, 0.6) is 0 Å². The summed E-state index contributed by atoms with van der Waals surface area (Å²) in [4.78, 5) is 11.2. The maximum absolute atomic E-state index is 11.2. The highest BCUT2D eigenvalue weighted by Crippen LogP contribution is 2.11.